The van der Waals surface area contributed by atoms with Gasteiger partial charge in [0.25, 0.3) is 0 Å². The number of aromatic nitrogens is 4. The molecule has 0 amide bonds. The van der Waals surface area contributed by atoms with Crippen LogP contribution in [-0.4, -0.2) is 19.1 Å². The van der Waals surface area contributed by atoms with E-state index in [9.17, 15) is 0 Å². The molecular formula is C58H38N4. The lowest BCUT2D eigenvalue weighted by Crippen LogP contribution is -1.98. The fourth-order valence-corrected chi connectivity index (χ4v) is 9.17. The van der Waals surface area contributed by atoms with Crippen molar-refractivity contribution in [3.63, 3.8) is 0 Å². The van der Waals surface area contributed by atoms with E-state index in [0.717, 1.165) is 50.5 Å². The molecule has 62 heavy (non-hydrogen) atoms. The van der Waals surface area contributed by atoms with Gasteiger partial charge in [0, 0.05) is 49.6 Å². The number of hydrogen-bond donors (Lipinski definition) is 0. The highest BCUT2D eigenvalue weighted by atomic mass is 15.0. The SMILES string of the molecule is c1ccc(-c2ccc(-n3c4ccccc4c4cc(-c5ccc6c7ccccc7n(-c7cccc(-c8cc(-c9ccccc9)nc(-c9ccccc9)n8)c7)c6c5)ccc43)cc2)cc1. The van der Waals surface area contributed by atoms with Gasteiger partial charge in [-0.1, -0.05) is 170 Å². The molecule has 3 aromatic heterocycles. The van der Waals surface area contributed by atoms with Crippen molar-refractivity contribution in [1.82, 2.24) is 19.1 Å². The second kappa shape index (κ2) is 14.7. The van der Waals surface area contributed by atoms with Gasteiger partial charge in [-0.25, -0.2) is 9.97 Å². The van der Waals surface area contributed by atoms with Crippen molar-refractivity contribution in [1.29, 1.82) is 0 Å². The van der Waals surface area contributed by atoms with E-state index in [1.165, 1.54) is 54.8 Å². The third kappa shape index (κ3) is 6.08. The van der Waals surface area contributed by atoms with Crippen molar-refractivity contribution in [2.24, 2.45) is 0 Å². The molecule has 290 valence electrons. The Labute approximate surface area is 359 Å². The number of nitrogens with zero attached hydrogens (tertiary/aromatic N) is 4. The van der Waals surface area contributed by atoms with Crippen molar-refractivity contribution >= 4 is 43.6 Å². The van der Waals surface area contributed by atoms with Crippen LogP contribution in [0.25, 0.3) is 111 Å². The van der Waals surface area contributed by atoms with Crippen LogP contribution in [0.3, 0.4) is 0 Å². The summed E-state index contributed by atoms with van der Waals surface area (Å²) in [4.78, 5) is 10.2. The highest BCUT2D eigenvalue weighted by molar-refractivity contribution is 6.12. The summed E-state index contributed by atoms with van der Waals surface area (Å²) in [7, 11) is 0. The summed E-state index contributed by atoms with van der Waals surface area (Å²) in [6.07, 6.45) is 0. The molecule has 0 N–H and O–H groups in total. The van der Waals surface area contributed by atoms with Crippen molar-refractivity contribution in [2.75, 3.05) is 0 Å². The Balaban J connectivity index is 0.984. The standard InChI is InChI=1S/C58H38N4/c1-4-15-39(16-5-1)40-27-31-46(32-28-40)61-55-26-13-11-24-49(55)51-36-43(30-34-56(51)61)44-29-33-50-48-23-10-12-25-54(48)62(57(50)37-44)47-22-14-21-45(35-47)53-38-52(41-17-6-2-7-18-41)59-58(60-53)42-19-8-3-9-20-42/h1-38H. The zero-order valence-electron chi connectivity index (χ0n) is 33.7. The number of hydrogen-bond acceptors (Lipinski definition) is 2. The van der Waals surface area contributed by atoms with Gasteiger partial charge in [0.1, 0.15) is 0 Å². The molecule has 12 rings (SSSR count). The quantitative estimate of drug-likeness (QED) is 0.161. The van der Waals surface area contributed by atoms with Crippen LogP contribution in [0.2, 0.25) is 0 Å². The highest BCUT2D eigenvalue weighted by Gasteiger charge is 2.18. The molecule has 0 aliphatic carbocycles. The molecule has 0 atom stereocenters. The summed E-state index contributed by atoms with van der Waals surface area (Å²) in [6.45, 7) is 0. The zero-order chi connectivity index (χ0) is 41.0. The fraction of sp³-hybridized carbons (Fsp3) is 0. The van der Waals surface area contributed by atoms with Crippen molar-refractivity contribution in [3.8, 4) is 67.5 Å². The Morgan fingerprint density at radius 2 is 0.726 bits per heavy atom. The lowest BCUT2D eigenvalue weighted by atomic mass is 10.0. The van der Waals surface area contributed by atoms with Gasteiger partial charge in [-0.2, -0.15) is 0 Å². The van der Waals surface area contributed by atoms with Gasteiger partial charge in [0.2, 0.25) is 0 Å². The van der Waals surface area contributed by atoms with Crippen LogP contribution < -0.4 is 0 Å². The molecule has 0 aliphatic rings. The van der Waals surface area contributed by atoms with Crippen LogP contribution in [0.5, 0.6) is 0 Å². The largest absolute Gasteiger partial charge is 0.309 e. The van der Waals surface area contributed by atoms with Gasteiger partial charge in [0.05, 0.1) is 33.5 Å². The summed E-state index contributed by atoms with van der Waals surface area (Å²) in [5.41, 5.74) is 16.5. The number of rotatable bonds is 7. The topological polar surface area (TPSA) is 35.6 Å². The maximum absolute atomic E-state index is 5.16. The van der Waals surface area contributed by atoms with Crippen LogP contribution in [-0.2, 0) is 0 Å². The van der Waals surface area contributed by atoms with Gasteiger partial charge >= 0.3 is 0 Å². The number of benzene rings is 9. The van der Waals surface area contributed by atoms with Crippen LogP contribution in [0.4, 0.5) is 0 Å². The van der Waals surface area contributed by atoms with E-state index in [1.54, 1.807) is 0 Å². The molecule has 0 radical (unpaired) electrons. The summed E-state index contributed by atoms with van der Waals surface area (Å²) in [6, 6.07) is 82.2. The summed E-state index contributed by atoms with van der Waals surface area (Å²) < 4.78 is 4.79. The molecule has 3 heterocycles. The van der Waals surface area contributed by atoms with Crippen molar-refractivity contribution in [2.45, 2.75) is 0 Å². The van der Waals surface area contributed by atoms with Gasteiger partial charge in [0.15, 0.2) is 5.82 Å². The molecular weight excluding hydrogens is 753 g/mol. The normalized spacial score (nSPS) is 11.5. The minimum atomic E-state index is 0.704. The second-order valence-electron chi connectivity index (χ2n) is 15.8. The molecule has 0 saturated heterocycles. The van der Waals surface area contributed by atoms with E-state index in [1.807, 2.05) is 24.3 Å². The minimum absolute atomic E-state index is 0.704. The smallest absolute Gasteiger partial charge is 0.160 e. The number of fused-ring (bicyclic) bond motifs is 6. The van der Waals surface area contributed by atoms with Crippen molar-refractivity contribution < 1.29 is 0 Å². The minimum Gasteiger partial charge on any atom is -0.309 e. The first-order valence-electron chi connectivity index (χ1n) is 21.1. The monoisotopic (exact) mass is 790 g/mol. The van der Waals surface area contributed by atoms with Gasteiger partial charge < -0.3 is 9.13 Å². The molecule has 4 nitrogen and oxygen atoms in total. The third-order valence-corrected chi connectivity index (χ3v) is 12.1. The molecule has 0 bridgehead atoms. The van der Waals surface area contributed by atoms with E-state index in [0.29, 0.717) is 5.82 Å². The lowest BCUT2D eigenvalue weighted by molar-refractivity contribution is 1.16. The molecule has 0 aliphatic heterocycles. The zero-order valence-corrected chi connectivity index (χ0v) is 33.7. The molecule has 0 saturated carbocycles. The second-order valence-corrected chi connectivity index (χ2v) is 15.8. The van der Waals surface area contributed by atoms with E-state index < -0.39 is 0 Å². The first-order chi connectivity index (χ1) is 30.7. The Hall–Kier alpha value is -8.34. The van der Waals surface area contributed by atoms with Gasteiger partial charge in [-0.3, -0.25) is 0 Å². The molecule has 4 heteroatoms. The van der Waals surface area contributed by atoms with Crippen LogP contribution in [0, 0.1) is 0 Å². The fourth-order valence-electron chi connectivity index (χ4n) is 9.17. The van der Waals surface area contributed by atoms with Crippen molar-refractivity contribution in [3.05, 3.63) is 231 Å². The van der Waals surface area contributed by atoms with Crippen LogP contribution in [0.1, 0.15) is 0 Å². The molecule has 0 spiro atoms. The predicted molar refractivity (Wildman–Crippen MR) is 258 cm³/mol. The van der Waals surface area contributed by atoms with Crippen LogP contribution in [0.15, 0.2) is 231 Å². The Bertz CT molecular complexity index is 3550. The highest BCUT2D eigenvalue weighted by Crippen LogP contribution is 2.39. The average Bonchev–Trinajstić information content (AvgIpc) is 3.87. The summed E-state index contributed by atoms with van der Waals surface area (Å²) in [5, 5.41) is 4.90. The first kappa shape index (κ1) is 35.6. The lowest BCUT2D eigenvalue weighted by Gasteiger charge is -2.13. The first-order valence-corrected chi connectivity index (χ1v) is 21.1. The average molecular weight is 791 g/mol. The Kier molecular flexibility index (Phi) is 8.46. The maximum Gasteiger partial charge on any atom is 0.160 e. The van der Waals surface area contributed by atoms with E-state index in [2.05, 4.69) is 215 Å². The predicted octanol–water partition coefficient (Wildman–Crippen LogP) is 15.0. The van der Waals surface area contributed by atoms with E-state index in [-0.39, 0.29) is 0 Å². The summed E-state index contributed by atoms with van der Waals surface area (Å²) in [5.74, 6) is 0.704. The number of para-hydroxylation sites is 2. The maximum atomic E-state index is 5.16. The summed E-state index contributed by atoms with van der Waals surface area (Å²) >= 11 is 0. The Morgan fingerprint density at radius 1 is 0.242 bits per heavy atom. The molecule has 12 aromatic rings. The molecule has 0 fully saturated rings. The van der Waals surface area contributed by atoms with Crippen LogP contribution >= 0.6 is 0 Å². The molecule has 0 unspecified atom stereocenters. The Morgan fingerprint density at radius 3 is 1.44 bits per heavy atom. The van der Waals surface area contributed by atoms with Gasteiger partial charge in [-0.15, -0.1) is 0 Å². The third-order valence-electron chi connectivity index (χ3n) is 12.1. The van der Waals surface area contributed by atoms with Gasteiger partial charge in [-0.05, 0) is 82.9 Å². The molecule has 9 aromatic carbocycles. The van der Waals surface area contributed by atoms with E-state index in [4.69, 9.17) is 9.97 Å². The van der Waals surface area contributed by atoms with E-state index >= 15 is 0 Å².